The average molecular weight is 318 g/mol. The van der Waals surface area contributed by atoms with Crippen LogP contribution in [0.1, 0.15) is 49.6 Å². The van der Waals surface area contributed by atoms with Crippen LogP contribution in [0.5, 0.6) is 0 Å². The van der Waals surface area contributed by atoms with Gasteiger partial charge in [0.05, 0.1) is 0 Å². The molecule has 1 aliphatic carbocycles. The lowest BCUT2D eigenvalue weighted by molar-refractivity contribution is 0.0542. The Kier molecular flexibility index (Phi) is 3.97. The summed E-state index contributed by atoms with van der Waals surface area (Å²) in [7, 11) is 0. The highest BCUT2D eigenvalue weighted by atomic mass is 16.2. The molecule has 1 amide bonds. The Morgan fingerprint density at radius 3 is 2.61 bits per heavy atom. The quantitative estimate of drug-likeness (QED) is 0.903. The third-order valence-electron chi connectivity index (χ3n) is 5.27. The maximum atomic E-state index is 13.0. The highest BCUT2D eigenvalue weighted by molar-refractivity contribution is 5.91. The van der Waals surface area contributed by atoms with Gasteiger partial charge in [0.15, 0.2) is 0 Å². The van der Waals surface area contributed by atoms with Gasteiger partial charge in [-0.25, -0.2) is 4.68 Å². The molecule has 1 N–H and O–H groups in total. The van der Waals surface area contributed by atoms with Crippen LogP contribution in [0.4, 0.5) is 5.95 Å². The topological polar surface area (TPSA) is 66.3 Å². The second kappa shape index (κ2) is 6.11. The van der Waals surface area contributed by atoms with Crippen molar-refractivity contribution in [2.75, 3.05) is 31.5 Å². The predicted molar refractivity (Wildman–Crippen MR) is 87.5 cm³/mol. The summed E-state index contributed by atoms with van der Waals surface area (Å²) in [6.45, 7) is 7.25. The van der Waals surface area contributed by atoms with Gasteiger partial charge >= 0.3 is 0 Å². The molecule has 2 aliphatic heterocycles. The molecule has 4 rings (SSSR count). The second-order valence-corrected chi connectivity index (χ2v) is 6.87. The summed E-state index contributed by atoms with van der Waals surface area (Å²) in [6.07, 6.45) is 5.44. The molecule has 23 heavy (non-hydrogen) atoms. The van der Waals surface area contributed by atoms with Gasteiger partial charge in [0.1, 0.15) is 0 Å². The SMILES string of the molecule is CCN1CCC(N(C(=O)c2nc3n(n2)CCCN3)C2CC2)CC1. The van der Waals surface area contributed by atoms with E-state index in [-0.39, 0.29) is 5.91 Å². The molecule has 3 heterocycles. The number of likely N-dealkylation sites (tertiary alicyclic amines) is 1. The van der Waals surface area contributed by atoms with Crippen LogP contribution in [0.15, 0.2) is 0 Å². The van der Waals surface area contributed by atoms with E-state index in [1.54, 1.807) is 0 Å². The molecule has 126 valence electrons. The number of rotatable bonds is 4. The van der Waals surface area contributed by atoms with Crippen molar-refractivity contribution in [3.8, 4) is 0 Å². The van der Waals surface area contributed by atoms with Crippen molar-refractivity contribution >= 4 is 11.9 Å². The van der Waals surface area contributed by atoms with Crippen molar-refractivity contribution < 1.29 is 4.79 Å². The molecule has 0 aromatic carbocycles. The second-order valence-electron chi connectivity index (χ2n) is 6.87. The molecule has 0 bridgehead atoms. The lowest BCUT2D eigenvalue weighted by Gasteiger charge is -2.38. The van der Waals surface area contributed by atoms with E-state index in [0.29, 0.717) is 17.9 Å². The van der Waals surface area contributed by atoms with Crippen molar-refractivity contribution in [3.05, 3.63) is 5.82 Å². The fourth-order valence-corrected chi connectivity index (χ4v) is 3.76. The zero-order chi connectivity index (χ0) is 15.8. The van der Waals surface area contributed by atoms with Gasteiger partial charge in [-0.1, -0.05) is 6.92 Å². The predicted octanol–water partition coefficient (Wildman–Crippen LogP) is 1.18. The number of carbonyl (C=O) groups is 1. The van der Waals surface area contributed by atoms with Gasteiger partial charge in [0, 0.05) is 38.3 Å². The van der Waals surface area contributed by atoms with Crippen molar-refractivity contribution in [1.29, 1.82) is 0 Å². The summed E-state index contributed by atoms with van der Waals surface area (Å²) in [5, 5.41) is 7.68. The van der Waals surface area contributed by atoms with Crippen LogP contribution in [0.25, 0.3) is 0 Å². The van der Waals surface area contributed by atoms with Crippen LogP contribution in [-0.4, -0.2) is 68.7 Å². The van der Waals surface area contributed by atoms with Crippen LogP contribution in [0.3, 0.4) is 0 Å². The van der Waals surface area contributed by atoms with Gasteiger partial charge in [-0.05, 0) is 38.6 Å². The van der Waals surface area contributed by atoms with E-state index < -0.39 is 0 Å². The number of anilines is 1. The largest absolute Gasteiger partial charge is 0.354 e. The van der Waals surface area contributed by atoms with Crippen molar-refractivity contribution in [3.63, 3.8) is 0 Å². The number of nitrogens with one attached hydrogen (secondary N) is 1. The normalized spacial score (nSPS) is 22.5. The molecular formula is C16H26N6O. The molecule has 2 fully saturated rings. The molecule has 1 saturated carbocycles. The Bertz CT molecular complexity index is 550. The molecule has 0 unspecified atom stereocenters. The van der Waals surface area contributed by atoms with Gasteiger partial charge in [0.25, 0.3) is 5.91 Å². The zero-order valence-corrected chi connectivity index (χ0v) is 13.9. The first-order valence-electron chi connectivity index (χ1n) is 9.00. The first-order valence-corrected chi connectivity index (χ1v) is 9.00. The molecule has 0 radical (unpaired) electrons. The standard InChI is InChI=1S/C16H26N6O/c1-2-20-10-6-13(7-11-20)22(12-4-5-12)15(23)14-18-16-17-8-3-9-21(16)19-14/h12-13H,2-11H2,1H3,(H,17,18,19). The summed E-state index contributed by atoms with van der Waals surface area (Å²) < 4.78 is 1.83. The minimum Gasteiger partial charge on any atom is -0.354 e. The number of fused-ring (bicyclic) bond motifs is 1. The summed E-state index contributed by atoms with van der Waals surface area (Å²) in [4.78, 5) is 22.1. The maximum absolute atomic E-state index is 13.0. The van der Waals surface area contributed by atoms with Gasteiger partial charge < -0.3 is 15.1 Å². The number of piperidine rings is 1. The number of nitrogens with zero attached hydrogens (tertiary/aromatic N) is 5. The molecule has 1 aromatic heterocycles. The van der Waals surface area contributed by atoms with E-state index in [0.717, 1.165) is 70.8 Å². The van der Waals surface area contributed by atoms with E-state index >= 15 is 0 Å². The Hall–Kier alpha value is -1.63. The van der Waals surface area contributed by atoms with E-state index in [9.17, 15) is 4.79 Å². The maximum Gasteiger partial charge on any atom is 0.294 e. The average Bonchev–Trinajstić information content (AvgIpc) is 3.32. The van der Waals surface area contributed by atoms with E-state index in [4.69, 9.17) is 0 Å². The van der Waals surface area contributed by atoms with Gasteiger partial charge in [-0.2, -0.15) is 4.98 Å². The zero-order valence-electron chi connectivity index (χ0n) is 13.9. The fourth-order valence-electron chi connectivity index (χ4n) is 3.76. The van der Waals surface area contributed by atoms with Crippen molar-refractivity contribution in [1.82, 2.24) is 24.6 Å². The number of hydrogen-bond donors (Lipinski definition) is 1. The van der Waals surface area contributed by atoms with E-state index in [2.05, 4.69) is 32.1 Å². The number of aromatic nitrogens is 3. The monoisotopic (exact) mass is 318 g/mol. The van der Waals surface area contributed by atoms with Crippen LogP contribution < -0.4 is 5.32 Å². The Labute approximate surface area is 137 Å². The minimum atomic E-state index is 0.0335. The third-order valence-corrected chi connectivity index (χ3v) is 5.27. The van der Waals surface area contributed by atoms with Crippen LogP contribution in [0, 0.1) is 0 Å². The van der Waals surface area contributed by atoms with E-state index in [1.165, 1.54) is 0 Å². The van der Waals surface area contributed by atoms with Crippen LogP contribution >= 0.6 is 0 Å². The molecule has 3 aliphatic rings. The molecular weight excluding hydrogens is 292 g/mol. The number of amides is 1. The summed E-state index contributed by atoms with van der Waals surface area (Å²) in [6, 6.07) is 0.764. The summed E-state index contributed by atoms with van der Waals surface area (Å²) >= 11 is 0. The van der Waals surface area contributed by atoms with Crippen molar-refractivity contribution in [2.45, 2.75) is 57.7 Å². The van der Waals surface area contributed by atoms with Gasteiger partial charge in [-0.3, -0.25) is 4.79 Å². The van der Waals surface area contributed by atoms with Crippen LogP contribution in [0.2, 0.25) is 0 Å². The van der Waals surface area contributed by atoms with Gasteiger partial charge in [0.2, 0.25) is 11.8 Å². The first-order chi connectivity index (χ1) is 11.3. The molecule has 0 atom stereocenters. The van der Waals surface area contributed by atoms with Crippen LogP contribution in [-0.2, 0) is 6.54 Å². The Morgan fingerprint density at radius 2 is 1.96 bits per heavy atom. The Morgan fingerprint density at radius 1 is 1.22 bits per heavy atom. The summed E-state index contributed by atoms with van der Waals surface area (Å²) in [5.74, 6) is 1.15. The smallest absolute Gasteiger partial charge is 0.294 e. The highest BCUT2D eigenvalue weighted by Crippen LogP contribution is 2.33. The molecule has 1 aromatic rings. The van der Waals surface area contributed by atoms with Crippen molar-refractivity contribution in [2.24, 2.45) is 0 Å². The highest BCUT2D eigenvalue weighted by Gasteiger charge is 2.40. The third kappa shape index (κ3) is 2.94. The molecule has 1 saturated heterocycles. The lowest BCUT2D eigenvalue weighted by atomic mass is 10.0. The lowest BCUT2D eigenvalue weighted by Crippen LogP contribution is -2.48. The molecule has 0 spiro atoms. The Balaban J connectivity index is 1.51. The van der Waals surface area contributed by atoms with E-state index in [1.807, 2.05) is 4.68 Å². The minimum absolute atomic E-state index is 0.0335. The number of aryl methyl sites for hydroxylation is 1. The van der Waals surface area contributed by atoms with Gasteiger partial charge in [-0.15, -0.1) is 5.10 Å². The first kappa shape index (κ1) is 14.9. The fraction of sp³-hybridized carbons (Fsp3) is 0.812. The molecule has 7 nitrogen and oxygen atoms in total. The number of carbonyl (C=O) groups excluding carboxylic acids is 1. The molecule has 7 heteroatoms. The number of hydrogen-bond acceptors (Lipinski definition) is 5. The summed E-state index contributed by atoms with van der Waals surface area (Å²) in [5.41, 5.74) is 0.